The van der Waals surface area contributed by atoms with Gasteiger partial charge >= 0.3 is 0 Å². The van der Waals surface area contributed by atoms with Crippen molar-refractivity contribution in [2.75, 3.05) is 14.2 Å². The van der Waals surface area contributed by atoms with E-state index in [4.69, 9.17) is 13.9 Å². The largest absolute Gasteiger partial charge is 0.497 e. The standard InChI is InChI=1S/C24H36O3Si/c1-17(2)28(18(3)4,19(5)6)27-16-21-14-22(25-7)15-23(26-8)24(21)20-12-10-9-11-13-20/h9-15,17-19H,16H2,1-8H3. The SMILES string of the molecule is COc1cc(CO[Si](C(C)C)(C(C)C)C(C)C)c(-c2ccccc2)c(OC)c1. The minimum atomic E-state index is -1.97. The van der Waals surface area contributed by atoms with Crippen LogP contribution in [0, 0.1) is 0 Å². The highest BCUT2D eigenvalue weighted by atomic mass is 28.4. The molecule has 0 bridgehead atoms. The summed E-state index contributed by atoms with van der Waals surface area (Å²) in [4.78, 5) is 0. The van der Waals surface area contributed by atoms with Crippen LogP contribution in [0.5, 0.6) is 11.5 Å². The molecule has 0 aliphatic rings. The monoisotopic (exact) mass is 400 g/mol. The molecule has 2 aromatic carbocycles. The molecule has 0 radical (unpaired) electrons. The lowest BCUT2D eigenvalue weighted by Crippen LogP contribution is -2.47. The molecule has 2 aromatic rings. The number of methoxy groups -OCH3 is 2. The van der Waals surface area contributed by atoms with Gasteiger partial charge in [-0.3, -0.25) is 0 Å². The summed E-state index contributed by atoms with van der Waals surface area (Å²) in [7, 11) is 1.43. The van der Waals surface area contributed by atoms with Crippen LogP contribution in [0.1, 0.15) is 47.1 Å². The van der Waals surface area contributed by atoms with Gasteiger partial charge in [-0.1, -0.05) is 71.9 Å². The summed E-state index contributed by atoms with van der Waals surface area (Å²) in [5.41, 5.74) is 4.95. The lowest BCUT2D eigenvalue weighted by atomic mass is 9.98. The Kier molecular flexibility index (Phi) is 7.73. The molecule has 3 nitrogen and oxygen atoms in total. The molecule has 0 saturated heterocycles. The van der Waals surface area contributed by atoms with Crippen LogP contribution in [0.25, 0.3) is 11.1 Å². The van der Waals surface area contributed by atoms with Crippen LogP contribution in [0.4, 0.5) is 0 Å². The van der Waals surface area contributed by atoms with Crippen molar-refractivity contribution in [1.82, 2.24) is 0 Å². The Morgan fingerprint density at radius 2 is 1.36 bits per heavy atom. The highest BCUT2D eigenvalue weighted by molar-refractivity contribution is 6.77. The normalized spacial score (nSPS) is 12.1. The van der Waals surface area contributed by atoms with Crippen LogP contribution < -0.4 is 9.47 Å². The predicted molar refractivity (Wildman–Crippen MR) is 121 cm³/mol. The zero-order valence-electron chi connectivity index (χ0n) is 18.7. The minimum Gasteiger partial charge on any atom is -0.497 e. The van der Waals surface area contributed by atoms with Crippen molar-refractivity contribution in [1.29, 1.82) is 0 Å². The van der Waals surface area contributed by atoms with E-state index >= 15 is 0 Å². The minimum absolute atomic E-state index is 0.542. The maximum Gasteiger partial charge on any atom is 0.200 e. The van der Waals surface area contributed by atoms with E-state index in [0.29, 0.717) is 23.2 Å². The van der Waals surface area contributed by atoms with Crippen molar-refractivity contribution in [2.24, 2.45) is 0 Å². The highest BCUT2D eigenvalue weighted by Crippen LogP contribution is 2.44. The molecular formula is C24H36O3Si. The zero-order chi connectivity index (χ0) is 20.9. The van der Waals surface area contributed by atoms with Gasteiger partial charge < -0.3 is 13.9 Å². The Balaban J connectivity index is 2.55. The molecule has 0 N–H and O–H groups in total. The Bertz CT molecular complexity index is 732. The number of hydrogen-bond acceptors (Lipinski definition) is 3. The van der Waals surface area contributed by atoms with E-state index in [9.17, 15) is 0 Å². The lowest BCUT2D eigenvalue weighted by Gasteiger charge is -2.42. The molecule has 154 valence electrons. The van der Waals surface area contributed by atoms with Gasteiger partial charge in [0.05, 0.1) is 20.8 Å². The van der Waals surface area contributed by atoms with E-state index in [1.54, 1.807) is 14.2 Å². The number of rotatable bonds is 9. The van der Waals surface area contributed by atoms with Crippen LogP contribution in [-0.4, -0.2) is 22.5 Å². The van der Waals surface area contributed by atoms with E-state index in [-0.39, 0.29) is 0 Å². The van der Waals surface area contributed by atoms with Gasteiger partial charge in [-0.05, 0) is 33.8 Å². The quantitative estimate of drug-likeness (QED) is 0.422. The summed E-state index contributed by atoms with van der Waals surface area (Å²) in [6.45, 7) is 14.5. The summed E-state index contributed by atoms with van der Waals surface area (Å²) in [5.74, 6) is 1.61. The summed E-state index contributed by atoms with van der Waals surface area (Å²) in [6.07, 6.45) is 0. The van der Waals surface area contributed by atoms with Gasteiger partial charge in [0, 0.05) is 11.6 Å². The van der Waals surface area contributed by atoms with Crippen molar-refractivity contribution < 1.29 is 13.9 Å². The molecule has 4 heteroatoms. The van der Waals surface area contributed by atoms with Gasteiger partial charge in [0.2, 0.25) is 8.32 Å². The van der Waals surface area contributed by atoms with Crippen LogP contribution in [-0.2, 0) is 11.0 Å². The molecule has 0 aliphatic heterocycles. The number of ether oxygens (including phenoxy) is 2. The Morgan fingerprint density at radius 1 is 0.786 bits per heavy atom. The fraction of sp³-hybridized carbons (Fsp3) is 0.500. The summed E-state index contributed by atoms with van der Waals surface area (Å²) >= 11 is 0. The topological polar surface area (TPSA) is 27.7 Å². The predicted octanol–water partition coefficient (Wildman–Crippen LogP) is 7.06. The second kappa shape index (κ2) is 9.62. The van der Waals surface area contributed by atoms with E-state index in [1.165, 1.54) is 0 Å². The molecule has 0 amide bonds. The van der Waals surface area contributed by atoms with Gasteiger partial charge in [-0.15, -0.1) is 0 Å². The molecule has 0 heterocycles. The molecule has 0 aromatic heterocycles. The molecule has 0 aliphatic carbocycles. The van der Waals surface area contributed by atoms with Crippen molar-refractivity contribution in [3.63, 3.8) is 0 Å². The average Bonchev–Trinajstić information content (AvgIpc) is 2.67. The Morgan fingerprint density at radius 3 is 1.82 bits per heavy atom. The van der Waals surface area contributed by atoms with Crippen LogP contribution in [0.3, 0.4) is 0 Å². The number of benzene rings is 2. The molecule has 0 fully saturated rings. The van der Waals surface area contributed by atoms with Crippen LogP contribution >= 0.6 is 0 Å². The fourth-order valence-corrected chi connectivity index (χ4v) is 10.1. The first-order valence-electron chi connectivity index (χ1n) is 10.2. The van der Waals surface area contributed by atoms with E-state index < -0.39 is 8.32 Å². The van der Waals surface area contributed by atoms with Gasteiger partial charge in [0.1, 0.15) is 11.5 Å². The molecule has 2 rings (SSSR count). The number of hydrogen-bond donors (Lipinski definition) is 0. The second-order valence-electron chi connectivity index (χ2n) is 8.34. The van der Waals surface area contributed by atoms with Gasteiger partial charge in [-0.2, -0.15) is 0 Å². The Hall–Kier alpha value is -1.78. The summed E-state index contributed by atoms with van der Waals surface area (Å²) in [6, 6.07) is 14.4. The Labute approximate surface area is 172 Å². The van der Waals surface area contributed by atoms with Crippen molar-refractivity contribution in [2.45, 2.75) is 64.8 Å². The summed E-state index contributed by atoms with van der Waals surface area (Å²) < 4.78 is 18.2. The first-order chi connectivity index (χ1) is 13.3. The molecule has 0 atom stereocenters. The van der Waals surface area contributed by atoms with E-state index in [0.717, 1.165) is 28.2 Å². The zero-order valence-corrected chi connectivity index (χ0v) is 19.7. The van der Waals surface area contributed by atoms with Gasteiger partial charge in [-0.25, -0.2) is 0 Å². The third-order valence-electron chi connectivity index (χ3n) is 5.86. The lowest BCUT2D eigenvalue weighted by molar-refractivity contribution is 0.265. The highest BCUT2D eigenvalue weighted by Gasteiger charge is 2.45. The maximum atomic E-state index is 6.89. The van der Waals surface area contributed by atoms with Crippen molar-refractivity contribution in [3.8, 4) is 22.6 Å². The third kappa shape index (κ3) is 4.44. The van der Waals surface area contributed by atoms with E-state index in [2.05, 4.69) is 71.9 Å². The van der Waals surface area contributed by atoms with Crippen LogP contribution in [0.2, 0.25) is 16.6 Å². The van der Waals surface area contributed by atoms with E-state index in [1.807, 2.05) is 12.1 Å². The molecule has 0 unspecified atom stereocenters. The molecule has 28 heavy (non-hydrogen) atoms. The first-order valence-corrected chi connectivity index (χ1v) is 12.4. The van der Waals surface area contributed by atoms with Gasteiger partial charge in [0.25, 0.3) is 0 Å². The molecular weight excluding hydrogens is 364 g/mol. The first kappa shape index (κ1) is 22.5. The maximum absolute atomic E-state index is 6.89. The smallest absolute Gasteiger partial charge is 0.200 e. The average molecular weight is 401 g/mol. The summed E-state index contributed by atoms with van der Waals surface area (Å²) in [5, 5.41) is 0. The van der Waals surface area contributed by atoms with Crippen molar-refractivity contribution in [3.05, 3.63) is 48.0 Å². The van der Waals surface area contributed by atoms with Gasteiger partial charge in [0.15, 0.2) is 0 Å². The second-order valence-corrected chi connectivity index (χ2v) is 13.8. The fourth-order valence-electron chi connectivity index (χ4n) is 4.67. The van der Waals surface area contributed by atoms with Crippen LogP contribution in [0.15, 0.2) is 42.5 Å². The third-order valence-corrected chi connectivity index (χ3v) is 11.9. The van der Waals surface area contributed by atoms with Crippen molar-refractivity contribution >= 4 is 8.32 Å². The molecule has 0 spiro atoms. The molecule has 0 saturated carbocycles.